The van der Waals surface area contributed by atoms with Gasteiger partial charge in [-0.15, -0.1) is 0 Å². The van der Waals surface area contributed by atoms with Gasteiger partial charge in [0.2, 0.25) is 0 Å². The SMILES string of the molecule is COc1cc(C(O)C(=O)O)c(F)cc1OC(C)C. The lowest BCUT2D eigenvalue weighted by Gasteiger charge is -2.16. The second-order valence-electron chi connectivity index (χ2n) is 3.93. The summed E-state index contributed by atoms with van der Waals surface area (Å²) >= 11 is 0. The van der Waals surface area contributed by atoms with E-state index < -0.39 is 17.9 Å². The Balaban J connectivity index is 3.21. The fourth-order valence-electron chi connectivity index (χ4n) is 1.40. The van der Waals surface area contributed by atoms with Crippen LogP contribution < -0.4 is 9.47 Å². The number of aliphatic hydroxyl groups is 1. The number of carboxylic acids is 1. The number of rotatable bonds is 5. The highest BCUT2D eigenvalue weighted by molar-refractivity contribution is 5.74. The van der Waals surface area contributed by atoms with Crippen molar-refractivity contribution in [2.75, 3.05) is 7.11 Å². The molecule has 0 amide bonds. The Labute approximate surface area is 104 Å². The molecule has 0 aromatic heterocycles. The smallest absolute Gasteiger partial charge is 0.337 e. The van der Waals surface area contributed by atoms with E-state index in [1.807, 2.05) is 0 Å². The number of carboxylic acid groups (broad SMARTS) is 1. The summed E-state index contributed by atoms with van der Waals surface area (Å²) in [6.45, 7) is 3.52. The molecule has 0 aliphatic rings. The van der Waals surface area contributed by atoms with E-state index in [2.05, 4.69) is 0 Å². The third-order valence-corrected chi connectivity index (χ3v) is 2.17. The third kappa shape index (κ3) is 3.10. The predicted octanol–water partition coefficient (Wildman–Crippen LogP) is 1.74. The second-order valence-corrected chi connectivity index (χ2v) is 3.93. The highest BCUT2D eigenvalue weighted by Crippen LogP contribution is 2.33. The van der Waals surface area contributed by atoms with Gasteiger partial charge in [-0.05, 0) is 19.9 Å². The molecule has 2 N–H and O–H groups in total. The molecular weight excluding hydrogens is 243 g/mol. The fraction of sp³-hybridized carbons (Fsp3) is 0.417. The van der Waals surface area contributed by atoms with Crippen molar-refractivity contribution in [3.63, 3.8) is 0 Å². The van der Waals surface area contributed by atoms with Crippen LogP contribution in [-0.2, 0) is 4.79 Å². The Bertz CT molecular complexity index is 444. The molecule has 6 heteroatoms. The number of halogens is 1. The van der Waals surface area contributed by atoms with Crippen LogP contribution in [0.3, 0.4) is 0 Å². The average Bonchev–Trinajstić information content (AvgIpc) is 2.27. The summed E-state index contributed by atoms with van der Waals surface area (Å²) in [4.78, 5) is 10.6. The molecular formula is C12H15FO5. The first kappa shape index (κ1) is 14.2. The van der Waals surface area contributed by atoms with Crippen LogP contribution in [0, 0.1) is 5.82 Å². The van der Waals surface area contributed by atoms with Crippen LogP contribution in [0.15, 0.2) is 12.1 Å². The van der Waals surface area contributed by atoms with E-state index in [0.29, 0.717) is 0 Å². The van der Waals surface area contributed by atoms with E-state index in [0.717, 1.165) is 12.1 Å². The molecule has 1 rings (SSSR count). The van der Waals surface area contributed by atoms with Crippen molar-refractivity contribution in [3.05, 3.63) is 23.5 Å². The summed E-state index contributed by atoms with van der Waals surface area (Å²) < 4.78 is 24.0. The number of benzene rings is 1. The molecule has 100 valence electrons. The molecule has 0 saturated carbocycles. The van der Waals surface area contributed by atoms with E-state index in [-0.39, 0.29) is 23.2 Å². The number of hydrogen-bond donors (Lipinski definition) is 2. The van der Waals surface area contributed by atoms with Gasteiger partial charge in [-0.3, -0.25) is 0 Å². The van der Waals surface area contributed by atoms with E-state index >= 15 is 0 Å². The van der Waals surface area contributed by atoms with Crippen LogP contribution in [0.25, 0.3) is 0 Å². The van der Waals surface area contributed by atoms with Gasteiger partial charge in [0.1, 0.15) is 5.82 Å². The normalized spacial score (nSPS) is 12.3. The lowest BCUT2D eigenvalue weighted by Crippen LogP contribution is -2.13. The highest BCUT2D eigenvalue weighted by Gasteiger charge is 2.23. The maximum Gasteiger partial charge on any atom is 0.337 e. The summed E-state index contributed by atoms with van der Waals surface area (Å²) in [7, 11) is 1.34. The van der Waals surface area contributed by atoms with Crippen molar-refractivity contribution in [1.29, 1.82) is 0 Å². The van der Waals surface area contributed by atoms with Gasteiger partial charge in [0.25, 0.3) is 0 Å². The molecule has 0 fully saturated rings. The molecule has 0 spiro atoms. The van der Waals surface area contributed by atoms with Gasteiger partial charge in [-0.25, -0.2) is 9.18 Å². The Morgan fingerprint density at radius 3 is 2.39 bits per heavy atom. The van der Waals surface area contributed by atoms with Crippen LogP contribution >= 0.6 is 0 Å². The number of aliphatic hydroxyl groups excluding tert-OH is 1. The van der Waals surface area contributed by atoms with Gasteiger partial charge in [-0.1, -0.05) is 0 Å². The van der Waals surface area contributed by atoms with E-state index in [4.69, 9.17) is 14.6 Å². The van der Waals surface area contributed by atoms with Crippen LogP contribution in [0.1, 0.15) is 25.5 Å². The van der Waals surface area contributed by atoms with E-state index in [9.17, 15) is 14.3 Å². The fourth-order valence-corrected chi connectivity index (χ4v) is 1.40. The zero-order chi connectivity index (χ0) is 13.9. The third-order valence-electron chi connectivity index (χ3n) is 2.17. The molecule has 1 atom stereocenters. The van der Waals surface area contributed by atoms with E-state index in [1.165, 1.54) is 7.11 Å². The number of hydrogen-bond acceptors (Lipinski definition) is 4. The van der Waals surface area contributed by atoms with Crippen molar-refractivity contribution < 1.29 is 28.9 Å². The molecule has 0 aliphatic carbocycles. The number of carbonyl (C=O) groups is 1. The maximum absolute atomic E-state index is 13.7. The number of ether oxygens (including phenoxy) is 2. The topological polar surface area (TPSA) is 76.0 Å². The summed E-state index contributed by atoms with van der Waals surface area (Å²) in [5.74, 6) is -2.07. The molecule has 18 heavy (non-hydrogen) atoms. The second kappa shape index (κ2) is 5.68. The van der Waals surface area contributed by atoms with Crippen molar-refractivity contribution in [3.8, 4) is 11.5 Å². The van der Waals surface area contributed by atoms with Gasteiger partial charge >= 0.3 is 5.97 Å². The molecule has 0 saturated heterocycles. The van der Waals surface area contributed by atoms with Crippen molar-refractivity contribution in [2.45, 2.75) is 26.1 Å². The van der Waals surface area contributed by atoms with Crippen LogP contribution in [0.4, 0.5) is 4.39 Å². The minimum atomic E-state index is -1.94. The summed E-state index contributed by atoms with van der Waals surface area (Å²) in [5, 5.41) is 18.0. The minimum absolute atomic E-state index is 0.159. The zero-order valence-corrected chi connectivity index (χ0v) is 10.3. The predicted molar refractivity (Wildman–Crippen MR) is 61.3 cm³/mol. The zero-order valence-electron chi connectivity index (χ0n) is 10.3. The molecule has 0 bridgehead atoms. The number of aliphatic carboxylic acids is 1. The molecule has 1 unspecified atom stereocenters. The first-order chi connectivity index (χ1) is 8.36. The lowest BCUT2D eigenvalue weighted by atomic mass is 10.1. The van der Waals surface area contributed by atoms with Crippen molar-refractivity contribution in [2.24, 2.45) is 0 Å². The first-order valence-electron chi connectivity index (χ1n) is 5.31. The van der Waals surface area contributed by atoms with Crippen LogP contribution in [-0.4, -0.2) is 29.4 Å². The van der Waals surface area contributed by atoms with Gasteiger partial charge in [0.05, 0.1) is 13.2 Å². The molecule has 0 aliphatic heterocycles. The molecule has 5 nitrogen and oxygen atoms in total. The quantitative estimate of drug-likeness (QED) is 0.841. The summed E-state index contributed by atoms with van der Waals surface area (Å²) in [5.41, 5.74) is -0.365. The largest absolute Gasteiger partial charge is 0.493 e. The van der Waals surface area contributed by atoms with E-state index in [1.54, 1.807) is 13.8 Å². The summed E-state index contributed by atoms with van der Waals surface area (Å²) in [6, 6.07) is 2.12. The summed E-state index contributed by atoms with van der Waals surface area (Å²) in [6.07, 6.45) is -2.12. The Kier molecular flexibility index (Phi) is 4.49. The molecule has 1 aromatic rings. The standard InChI is InChI=1S/C12H15FO5/c1-6(2)18-10-5-8(13)7(4-9(10)17-3)11(14)12(15)16/h4-6,11,14H,1-3H3,(H,15,16). The first-order valence-corrected chi connectivity index (χ1v) is 5.31. The Hall–Kier alpha value is -1.82. The highest BCUT2D eigenvalue weighted by atomic mass is 19.1. The minimum Gasteiger partial charge on any atom is -0.493 e. The maximum atomic E-state index is 13.7. The Morgan fingerprint density at radius 1 is 1.33 bits per heavy atom. The Morgan fingerprint density at radius 2 is 1.94 bits per heavy atom. The number of methoxy groups -OCH3 is 1. The van der Waals surface area contributed by atoms with Crippen molar-refractivity contribution in [1.82, 2.24) is 0 Å². The van der Waals surface area contributed by atoms with Crippen molar-refractivity contribution >= 4 is 5.97 Å². The van der Waals surface area contributed by atoms with Gasteiger partial charge in [-0.2, -0.15) is 0 Å². The van der Waals surface area contributed by atoms with Gasteiger partial charge in [0.15, 0.2) is 17.6 Å². The van der Waals surface area contributed by atoms with Crippen LogP contribution in [0.5, 0.6) is 11.5 Å². The van der Waals surface area contributed by atoms with Crippen LogP contribution in [0.2, 0.25) is 0 Å². The molecule has 0 radical (unpaired) electrons. The van der Waals surface area contributed by atoms with Gasteiger partial charge in [0, 0.05) is 11.6 Å². The monoisotopic (exact) mass is 258 g/mol. The lowest BCUT2D eigenvalue weighted by molar-refractivity contribution is -0.147. The molecule has 1 aromatic carbocycles. The molecule has 0 heterocycles. The average molecular weight is 258 g/mol. The van der Waals surface area contributed by atoms with Gasteiger partial charge < -0.3 is 19.7 Å².